The van der Waals surface area contributed by atoms with Crippen LogP contribution in [-0.4, -0.2) is 36.7 Å². The number of nitro groups is 1. The van der Waals surface area contributed by atoms with Crippen LogP contribution in [0.3, 0.4) is 0 Å². The fourth-order valence-corrected chi connectivity index (χ4v) is 3.54. The Bertz CT molecular complexity index is 1300. The monoisotopic (exact) mass is 533 g/mol. The summed E-state index contributed by atoms with van der Waals surface area (Å²) in [6.07, 6.45) is 2.31. The molecule has 39 heavy (non-hydrogen) atoms. The van der Waals surface area contributed by atoms with Crippen LogP contribution in [-0.2, 0) is 9.53 Å². The molecule has 9 heteroatoms. The van der Waals surface area contributed by atoms with Crippen molar-refractivity contribution in [1.82, 2.24) is 0 Å². The summed E-state index contributed by atoms with van der Waals surface area (Å²) in [6.45, 7) is 8.37. The molecule has 0 unspecified atom stereocenters. The molecule has 0 aliphatic carbocycles. The maximum Gasteiger partial charge on any atom is 0.343 e. The first-order valence-electron chi connectivity index (χ1n) is 12.6. The second-order valence-electron chi connectivity index (χ2n) is 8.64. The number of carbonyl (C=O) groups excluding carboxylic acids is 2. The third kappa shape index (κ3) is 8.70. The number of hydrogen-bond acceptors (Lipinski definition) is 8. The van der Waals surface area contributed by atoms with E-state index >= 15 is 0 Å². The van der Waals surface area contributed by atoms with Crippen LogP contribution in [0, 0.1) is 10.1 Å². The Balaban J connectivity index is 1.53. The first-order chi connectivity index (χ1) is 18.8. The summed E-state index contributed by atoms with van der Waals surface area (Å²) in [6, 6.07) is 18.0. The number of nitrogens with zero attached hydrogens (tertiary/aromatic N) is 1. The highest BCUT2D eigenvalue weighted by atomic mass is 16.6. The lowest BCUT2D eigenvalue weighted by Gasteiger charge is -2.09. The maximum absolute atomic E-state index is 12.7. The van der Waals surface area contributed by atoms with Crippen molar-refractivity contribution >= 4 is 17.6 Å². The molecular formula is C30H31NO8. The van der Waals surface area contributed by atoms with E-state index < -0.39 is 10.9 Å². The molecule has 0 heterocycles. The molecule has 0 atom stereocenters. The topological polar surface area (TPSA) is 114 Å². The number of hydrogen-bond donors (Lipinski definition) is 0. The van der Waals surface area contributed by atoms with E-state index in [0.717, 1.165) is 24.8 Å². The number of rotatable bonds is 14. The molecule has 3 rings (SSSR count). The lowest BCUT2D eigenvalue weighted by molar-refractivity contribution is -0.385. The molecule has 0 aromatic heterocycles. The Morgan fingerprint density at radius 2 is 1.46 bits per heavy atom. The minimum Gasteiger partial charge on any atom is -0.494 e. The molecule has 9 nitrogen and oxygen atoms in total. The summed E-state index contributed by atoms with van der Waals surface area (Å²) < 4.78 is 21.5. The van der Waals surface area contributed by atoms with Crippen molar-refractivity contribution in [2.45, 2.75) is 33.1 Å². The number of nitro benzene ring substituents is 1. The zero-order chi connectivity index (χ0) is 28.2. The van der Waals surface area contributed by atoms with Gasteiger partial charge in [0.15, 0.2) is 0 Å². The Morgan fingerprint density at radius 1 is 0.846 bits per heavy atom. The Kier molecular flexibility index (Phi) is 10.6. The third-order valence-electron chi connectivity index (χ3n) is 5.59. The van der Waals surface area contributed by atoms with Crippen LogP contribution in [0.25, 0.3) is 11.1 Å². The smallest absolute Gasteiger partial charge is 0.343 e. The SMILES string of the molecule is C=C(C)C(=O)OCCCCCOc1ccc(C(=O)Oc2ccc(-c3ccc(OCC)cc3)cc2[N+](=O)[O-])cc1. The molecule has 204 valence electrons. The lowest BCUT2D eigenvalue weighted by atomic mass is 10.0. The standard InChI is InChI=1S/C30H31NO8/c1-4-36-25-13-8-22(9-14-25)24-12-17-28(27(20-24)31(34)35)39-30(33)23-10-15-26(16-11-23)37-18-6-5-7-19-38-29(32)21(2)3/h8-17,20H,2,4-7,18-19H2,1,3H3. The Hall–Kier alpha value is -4.66. The predicted molar refractivity (Wildman–Crippen MR) is 146 cm³/mol. The molecule has 0 N–H and O–H groups in total. The summed E-state index contributed by atoms with van der Waals surface area (Å²) >= 11 is 0. The van der Waals surface area contributed by atoms with Gasteiger partial charge in [-0.05, 0) is 86.7 Å². The zero-order valence-corrected chi connectivity index (χ0v) is 22.0. The van der Waals surface area contributed by atoms with E-state index in [0.29, 0.717) is 42.5 Å². The molecule has 0 radical (unpaired) electrons. The van der Waals surface area contributed by atoms with Gasteiger partial charge in [0.1, 0.15) is 11.5 Å². The van der Waals surface area contributed by atoms with E-state index in [-0.39, 0.29) is 23.0 Å². The molecule has 0 bridgehead atoms. The highest BCUT2D eigenvalue weighted by Gasteiger charge is 2.20. The van der Waals surface area contributed by atoms with Crippen LogP contribution in [0.1, 0.15) is 43.5 Å². The molecule has 3 aromatic rings. The highest BCUT2D eigenvalue weighted by molar-refractivity contribution is 5.92. The number of carbonyl (C=O) groups is 2. The molecule has 0 aliphatic heterocycles. The summed E-state index contributed by atoms with van der Waals surface area (Å²) in [5, 5.41) is 11.7. The van der Waals surface area contributed by atoms with Crippen molar-refractivity contribution in [1.29, 1.82) is 0 Å². The average Bonchev–Trinajstić information content (AvgIpc) is 2.93. The van der Waals surface area contributed by atoms with E-state index in [1.807, 2.05) is 6.92 Å². The molecule has 0 aliphatic rings. The third-order valence-corrected chi connectivity index (χ3v) is 5.59. The van der Waals surface area contributed by atoms with Gasteiger partial charge < -0.3 is 18.9 Å². The van der Waals surface area contributed by atoms with Crippen molar-refractivity contribution in [2.75, 3.05) is 19.8 Å². The van der Waals surface area contributed by atoms with Crippen LogP contribution in [0.15, 0.2) is 78.9 Å². The van der Waals surface area contributed by atoms with Crippen molar-refractivity contribution in [3.8, 4) is 28.4 Å². The van der Waals surface area contributed by atoms with Gasteiger partial charge in [-0.3, -0.25) is 10.1 Å². The van der Waals surface area contributed by atoms with Crippen LogP contribution >= 0.6 is 0 Å². The van der Waals surface area contributed by atoms with Gasteiger partial charge in [-0.15, -0.1) is 0 Å². The molecular weight excluding hydrogens is 502 g/mol. The van der Waals surface area contributed by atoms with Crippen LogP contribution in [0.5, 0.6) is 17.2 Å². The molecule has 0 spiro atoms. The van der Waals surface area contributed by atoms with Crippen LogP contribution in [0.4, 0.5) is 5.69 Å². The van der Waals surface area contributed by atoms with Gasteiger partial charge in [-0.1, -0.05) is 24.8 Å². The average molecular weight is 534 g/mol. The van der Waals surface area contributed by atoms with Gasteiger partial charge >= 0.3 is 17.6 Å². The largest absolute Gasteiger partial charge is 0.494 e. The first-order valence-corrected chi connectivity index (χ1v) is 12.6. The van der Waals surface area contributed by atoms with Gasteiger partial charge in [0, 0.05) is 11.6 Å². The predicted octanol–water partition coefficient (Wildman–Crippen LogP) is 6.55. The second kappa shape index (κ2) is 14.3. The van der Waals surface area contributed by atoms with E-state index in [1.165, 1.54) is 24.3 Å². The van der Waals surface area contributed by atoms with Crippen LogP contribution in [0.2, 0.25) is 0 Å². The minimum absolute atomic E-state index is 0.144. The Morgan fingerprint density at radius 3 is 2.10 bits per heavy atom. The maximum atomic E-state index is 12.7. The molecule has 3 aromatic carbocycles. The molecule has 0 fully saturated rings. The van der Waals surface area contributed by atoms with E-state index in [2.05, 4.69) is 6.58 Å². The van der Waals surface area contributed by atoms with Gasteiger partial charge in [0.2, 0.25) is 5.75 Å². The van der Waals surface area contributed by atoms with Crippen molar-refractivity contribution in [3.05, 3.63) is 94.6 Å². The number of benzene rings is 3. The minimum atomic E-state index is -0.720. The zero-order valence-electron chi connectivity index (χ0n) is 22.0. The van der Waals surface area contributed by atoms with E-state index in [1.54, 1.807) is 49.4 Å². The normalized spacial score (nSPS) is 10.4. The number of esters is 2. The molecule has 0 amide bonds. The Labute approximate surface area is 227 Å². The second-order valence-corrected chi connectivity index (χ2v) is 8.64. The summed E-state index contributed by atoms with van der Waals surface area (Å²) in [4.78, 5) is 35.1. The molecule has 0 saturated heterocycles. The summed E-state index contributed by atoms with van der Waals surface area (Å²) in [5.41, 5.74) is 1.66. The van der Waals surface area contributed by atoms with E-state index in [9.17, 15) is 19.7 Å². The van der Waals surface area contributed by atoms with Crippen molar-refractivity contribution in [2.24, 2.45) is 0 Å². The van der Waals surface area contributed by atoms with Gasteiger partial charge in [-0.2, -0.15) is 0 Å². The fourth-order valence-electron chi connectivity index (χ4n) is 3.54. The number of ether oxygens (including phenoxy) is 4. The highest BCUT2D eigenvalue weighted by Crippen LogP contribution is 2.33. The van der Waals surface area contributed by atoms with Crippen molar-refractivity contribution in [3.63, 3.8) is 0 Å². The number of unbranched alkanes of at least 4 members (excludes halogenated alkanes) is 2. The summed E-state index contributed by atoms with van der Waals surface area (Å²) in [5.74, 6) is 0.0274. The van der Waals surface area contributed by atoms with Gasteiger partial charge in [0.25, 0.3) is 0 Å². The van der Waals surface area contributed by atoms with Gasteiger partial charge in [-0.25, -0.2) is 9.59 Å². The quantitative estimate of drug-likeness (QED) is 0.0572. The fraction of sp³-hybridized carbons (Fsp3) is 0.267. The lowest BCUT2D eigenvalue weighted by Crippen LogP contribution is -2.10. The first kappa shape index (κ1) is 28.9. The van der Waals surface area contributed by atoms with E-state index in [4.69, 9.17) is 18.9 Å². The van der Waals surface area contributed by atoms with Crippen LogP contribution < -0.4 is 14.2 Å². The molecule has 0 saturated carbocycles. The van der Waals surface area contributed by atoms with Gasteiger partial charge in [0.05, 0.1) is 30.3 Å². The van der Waals surface area contributed by atoms with Crippen molar-refractivity contribution < 1.29 is 33.5 Å². The summed E-state index contributed by atoms with van der Waals surface area (Å²) in [7, 11) is 0.